The SMILES string of the molecule is COc1ccc(-c2csc(NC(=O)C(Sc3cccc(NC(=O)c4ccccc4F)c3)c3ccccc3)n2)cc1OC. The summed E-state index contributed by atoms with van der Waals surface area (Å²) in [5.41, 5.74) is 2.76. The van der Waals surface area contributed by atoms with Gasteiger partial charge in [0.2, 0.25) is 5.91 Å². The lowest BCUT2D eigenvalue weighted by Crippen LogP contribution is -2.19. The molecule has 0 aliphatic heterocycles. The van der Waals surface area contributed by atoms with Crippen molar-refractivity contribution in [2.45, 2.75) is 10.1 Å². The summed E-state index contributed by atoms with van der Waals surface area (Å²) >= 11 is 2.65. The number of thiazole rings is 1. The zero-order valence-electron chi connectivity index (χ0n) is 22.7. The number of methoxy groups -OCH3 is 2. The molecule has 2 amide bonds. The van der Waals surface area contributed by atoms with E-state index in [1.807, 2.05) is 53.9 Å². The molecule has 0 fully saturated rings. The molecule has 0 bridgehead atoms. The van der Waals surface area contributed by atoms with Crippen molar-refractivity contribution in [3.05, 3.63) is 119 Å². The van der Waals surface area contributed by atoms with E-state index in [0.29, 0.717) is 28.0 Å². The quantitative estimate of drug-likeness (QED) is 0.160. The molecule has 1 heterocycles. The lowest BCUT2D eigenvalue weighted by molar-refractivity contribution is -0.115. The molecular formula is C32H26FN3O4S2. The predicted octanol–water partition coefficient (Wildman–Crippen LogP) is 7.69. The minimum Gasteiger partial charge on any atom is -0.493 e. The van der Waals surface area contributed by atoms with Crippen molar-refractivity contribution in [2.75, 3.05) is 24.9 Å². The molecule has 4 aromatic carbocycles. The minimum atomic E-state index is -0.614. The fourth-order valence-corrected chi connectivity index (χ4v) is 5.96. The number of rotatable bonds is 10. The van der Waals surface area contributed by atoms with Gasteiger partial charge in [0.15, 0.2) is 16.6 Å². The number of carbonyl (C=O) groups excluding carboxylic acids is 2. The van der Waals surface area contributed by atoms with E-state index in [1.54, 1.807) is 44.6 Å². The summed E-state index contributed by atoms with van der Waals surface area (Å²) in [6.45, 7) is 0. The van der Waals surface area contributed by atoms with Crippen molar-refractivity contribution in [1.82, 2.24) is 4.98 Å². The van der Waals surface area contributed by atoms with Crippen LogP contribution in [0.2, 0.25) is 0 Å². The lowest BCUT2D eigenvalue weighted by Gasteiger charge is -2.17. The maximum atomic E-state index is 14.1. The maximum Gasteiger partial charge on any atom is 0.258 e. The highest BCUT2D eigenvalue weighted by atomic mass is 32.2. The Morgan fingerprint density at radius 2 is 1.62 bits per heavy atom. The third-order valence-corrected chi connectivity index (χ3v) is 8.22. The highest BCUT2D eigenvalue weighted by molar-refractivity contribution is 8.00. The van der Waals surface area contributed by atoms with Crippen LogP contribution in [0, 0.1) is 5.82 Å². The number of hydrogen-bond acceptors (Lipinski definition) is 7. The molecule has 212 valence electrons. The van der Waals surface area contributed by atoms with Gasteiger partial charge >= 0.3 is 0 Å². The van der Waals surface area contributed by atoms with Crippen LogP contribution in [0.25, 0.3) is 11.3 Å². The van der Waals surface area contributed by atoms with Crippen LogP contribution in [-0.2, 0) is 4.79 Å². The zero-order chi connectivity index (χ0) is 29.5. The third-order valence-electron chi connectivity index (χ3n) is 6.22. The van der Waals surface area contributed by atoms with Crippen molar-refractivity contribution >= 4 is 45.7 Å². The summed E-state index contributed by atoms with van der Waals surface area (Å²) in [5, 5.41) is 7.40. The first kappa shape index (κ1) is 28.8. The van der Waals surface area contributed by atoms with Gasteiger partial charge in [-0.25, -0.2) is 9.37 Å². The summed E-state index contributed by atoms with van der Waals surface area (Å²) in [6.07, 6.45) is 0. The minimum absolute atomic E-state index is 0.0482. The number of nitrogens with one attached hydrogen (secondary N) is 2. The van der Waals surface area contributed by atoms with Gasteiger partial charge in [-0.1, -0.05) is 48.5 Å². The van der Waals surface area contributed by atoms with E-state index < -0.39 is 17.0 Å². The molecule has 1 aromatic heterocycles. The average Bonchev–Trinajstić information content (AvgIpc) is 3.48. The Balaban J connectivity index is 1.34. The second-order valence-corrected chi connectivity index (χ2v) is 11.0. The van der Waals surface area contributed by atoms with E-state index in [0.717, 1.165) is 16.0 Å². The molecule has 0 saturated carbocycles. The van der Waals surface area contributed by atoms with Crippen LogP contribution in [0.1, 0.15) is 21.2 Å². The summed E-state index contributed by atoms with van der Waals surface area (Å²) < 4.78 is 24.8. The molecule has 10 heteroatoms. The molecule has 0 radical (unpaired) electrons. The molecule has 0 aliphatic carbocycles. The Kier molecular flexibility index (Phi) is 9.15. The van der Waals surface area contributed by atoms with Crippen LogP contribution in [0.15, 0.2) is 107 Å². The number of ether oxygens (including phenoxy) is 2. The smallest absolute Gasteiger partial charge is 0.258 e. The fourth-order valence-electron chi connectivity index (χ4n) is 4.16. The van der Waals surface area contributed by atoms with Gasteiger partial charge in [0.05, 0.1) is 25.5 Å². The number of amides is 2. The summed E-state index contributed by atoms with van der Waals surface area (Å²) in [5.74, 6) is -0.204. The molecule has 0 aliphatic rings. The van der Waals surface area contributed by atoms with E-state index >= 15 is 0 Å². The molecule has 5 aromatic rings. The molecular weight excluding hydrogens is 574 g/mol. The molecule has 1 unspecified atom stereocenters. The normalized spacial score (nSPS) is 11.4. The van der Waals surface area contributed by atoms with Gasteiger partial charge in [-0.05, 0) is 54.1 Å². The highest BCUT2D eigenvalue weighted by Crippen LogP contribution is 2.38. The Morgan fingerprint density at radius 1 is 0.857 bits per heavy atom. The van der Waals surface area contributed by atoms with E-state index in [1.165, 1.54) is 41.3 Å². The van der Waals surface area contributed by atoms with Crippen molar-refractivity contribution in [1.29, 1.82) is 0 Å². The second kappa shape index (κ2) is 13.3. The first-order valence-corrected chi connectivity index (χ1v) is 14.6. The van der Waals surface area contributed by atoms with E-state index in [4.69, 9.17) is 9.47 Å². The van der Waals surface area contributed by atoms with E-state index in [-0.39, 0.29) is 11.5 Å². The number of nitrogens with zero attached hydrogens (tertiary/aromatic N) is 1. The molecule has 42 heavy (non-hydrogen) atoms. The Morgan fingerprint density at radius 3 is 2.38 bits per heavy atom. The zero-order valence-corrected chi connectivity index (χ0v) is 24.3. The maximum absolute atomic E-state index is 14.1. The monoisotopic (exact) mass is 599 g/mol. The Labute approximate surface area is 250 Å². The Hall–Kier alpha value is -4.67. The predicted molar refractivity (Wildman–Crippen MR) is 165 cm³/mol. The first-order valence-electron chi connectivity index (χ1n) is 12.8. The number of anilines is 2. The van der Waals surface area contributed by atoms with Crippen LogP contribution in [0.5, 0.6) is 11.5 Å². The number of benzene rings is 4. The second-order valence-electron chi connectivity index (χ2n) is 8.97. The van der Waals surface area contributed by atoms with Gasteiger partial charge < -0.3 is 20.1 Å². The van der Waals surface area contributed by atoms with E-state index in [2.05, 4.69) is 15.6 Å². The van der Waals surface area contributed by atoms with Gasteiger partial charge in [-0.2, -0.15) is 0 Å². The van der Waals surface area contributed by atoms with Crippen molar-refractivity contribution < 1.29 is 23.5 Å². The largest absolute Gasteiger partial charge is 0.493 e. The van der Waals surface area contributed by atoms with Crippen molar-refractivity contribution in [2.24, 2.45) is 0 Å². The standard InChI is InChI=1S/C32H26FN3O4S2/c1-39-27-16-15-21(17-28(27)40-2)26-19-41-32(35-26)36-31(38)29(20-9-4-3-5-10-20)42-23-12-8-11-22(18-23)34-30(37)24-13-6-7-14-25(24)33/h3-19,29H,1-2H3,(H,34,37)(H,35,36,38). The average molecular weight is 600 g/mol. The van der Waals surface area contributed by atoms with E-state index in [9.17, 15) is 14.0 Å². The number of aromatic nitrogens is 1. The topological polar surface area (TPSA) is 89.6 Å². The highest BCUT2D eigenvalue weighted by Gasteiger charge is 2.24. The molecule has 7 nitrogen and oxygen atoms in total. The van der Waals surface area contributed by atoms with Gasteiger partial charge in [-0.3, -0.25) is 9.59 Å². The lowest BCUT2D eigenvalue weighted by atomic mass is 10.1. The van der Waals surface area contributed by atoms with Gasteiger partial charge in [-0.15, -0.1) is 23.1 Å². The van der Waals surface area contributed by atoms with Gasteiger partial charge in [0, 0.05) is 21.5 Å². The van der Waals surface area contributed by atoms with Crippen LogP contribution in [-0.4, -0.2) is 31.0 Å². The van der Waals surface area contributed by atoms with Crippen LogP contribution in [0.3, 0.4) is 0 Å². The Bertz CT molecular complexity index is 1710. The summed E-state index contributed by atoms with van der Waals surface area (Å²) in [4.78, 5) is 31.6. The molecule has 0 saturated heterocycles. The first-order chi connectivity index (χ1) is 20.4. The fraction of sp³-hybridized carbons (Fsp3) is 0.0938. The van der Waals surface area contributed by atoms with Crippen LogP contribution in [0.4, 0.5) is 15.2 Å². The molecule has 0 spiro atoms. The number of halogens is 1. The molecule has 2 N–H and O–H groups in total. The summed E-state index contributed by atoms with van der Waals surface area (Å²) in [6, 6.07) is 27.8. The van der Waals surface area contributed by atoms with Gasteiger partial charge in [0.1, 0.15) is 11.1 Å². The molecule has 5 rings (SSSR count). The number of thioether (sulfide) groups is 1. The molecule has 1 atom stereocenters. The van der Waals surface area contributed by atoms with Crippen molar-refractivity contribution in [3.63, 3.8) is 0 Å². The summed E-state index contributed by atoms with van der Waals surface area (Å²) in [7, 11) is 3.15. The third kappa shape index (κ3) is 6.79. The number of carbonyl (C=O) groups is 2. The van der Waals surface area contributed by atoms with Crippen LogP contribution >= 0.6 is 23.1 Å². The van der Waals surface area contributed by atoms with Crippen molar-refractivity contribution in [3.8, 4) is 22.8 Å². The number of hydrogen-bond donors (Lipinski definition) is 2. The van der Waals surface area contributed by atoms with Gasteiger partial charge in [0.25, 0.3) is 5.91 Å². The van der Waals surface area contributed by atoms with Crippen LogP contribution < -0.4 is 20.1 Å².